The van der Waals surface area contributed by atoms with E-state index in [2.05, 4.69) is 11.1 Å². The van der Waals surface area contributed by atoms with E-state index < -0.39 is 4.92 Å². The van der Waals surface area contributed by atoms with E-state index in [0.717, 1.165) is 11.3 Å². The Kier molecular flexibility index (Phi) is 4.40. The highest BCUT2D eigenvalue weighted by Crippen LogP contribution is 2.26. The molecule has 2 aromatic heterocycles. The Morgan fingerprint density at radius 2 is 2.24 bits per heavy atom. The lowest BCUT2D eigenvalue weighted by Crippen LogP contribution is -1.93. The molecule has 0 atom stereocenters. The van der Waals surface area contributed by atoms with Crippen LogP contribution in [-0.2, 0) is 0 Å². The van der Waals surface area contributed by atoms with Crippen LogP contribution in [0.15, 0.2) is 33.1 Å². The second-order valence-corrected chi connectivity index (χ2v) is 5.12. The molecule has 0 saturated heterocycles. The van der Waals surface area contributed by atoms with Gasteiger partial charge in [-0.15, -0.1) is 0 Å². The topological polar surface area (TPSA) is 93.0 Å². The molecule has 6 nitrogen and oxygen atoms in total. The van der Waals surface area contributed by atoms with E-state index in [-0.39, 0.29) is 5.88 Å². The average Bonchev–Trinajstić information content (AvgIpc) is 2.87. The molecule has 2 aromatic rings. The number of hydrogen-bond acceptors (Lipinski definition) is 6. The molecule has 0 bridgehead atoms. The summed E-state index contributed by atoms with van der Waals surface area (Å²) in [6.07, 6.45) is 1.60. The van der Waals surface area contributed by atoms with Crippen LogP contribution in [0, 0.1) is 35.3 Å². The van der Waals surface area contributed by atoms with Crippen molar-refractivity contribution < 1.29 is 9.34 Å². The second kappa shape index (κ2) is 6.24. The van der Waals surface area contributed by atoms with Gasteiger partial charge in [0.25, 0.3) is 0 Å². The van der Waals surface area contributed by atoms with Gasteiger partial charge in [-0.1, -0.05) is 11.8 Å². The van der Waals surface area contributed by atoms with Gasteiger partial charge < -0.3 is 4.42 Å². The first-order chi connectivity index (χ1) is 10.0. The van der Waals surface area contributed by atoms with Crippen molar-refractivity contribution in [3.05, 3.63) is 56.3 Å². The summed E-state index contributed by atoms with van der Waals surface area (Å²) in [7, 11) is 0. The van der Waals surface area contributed by atoms with Crippen LogP contribution >= 0.6 is 11.8 Å². The van der Waals surface area contributed by atoms with Crippen molar-refractivity contribution in [3.63, 3.8) is 0 Å². The number of rotatable bonds is 4. The van der Waals surface area contributed by atoms with Gasteiger partial charge >= 0.3 is 5.88 Å². The summed E-state index contributed by atoms with van der Waals surface area (Å²) in [5, 5.41) is 21.9. The molecule has 0 aliphatic rings. The summed E-state index contributed by atoms with van der Waals surface area (Å²) in [6, 6.07) is 6.78. The highest BCUT2D eigenvalue weighted by atomic mass is 32.2. The molecule has 7 heteroatoms. The van der Waals surface area contributed by atoms with Crippen molar-refractivity contribution in [1.82, 2.24) is 4.98 Å². The van der Waals surface area contributed by atoms with Crippen LogP contribution in [-0.4, -0.2) is 9.91 Å². The molecule has 2 heterocycles. The van der Waals surface area contributed by atoms with Gasteiger partial charge in [-0.2, -0.15) is 5.26 Å². The summed E-state index contributed by atoms with van der Waals surface area (Å²) >= 11 is 1.27. The van der Waals surface area contributed by atoms with Crippen LogP contribution in [0.5, 0.6) is 0 Å². The number of nitro groups is 1. The van der Waals surface area contributed by atoms with Crippen LogP contribution in [0.1, 0.15) is 22.6 Å². The minimum Gasteiger partial charge on any atom is -0.401 e. The number of nitriles is 1. The largest absolute Gasteiger partial charge is 0.433 e. The second-order valence-electron chi connectivity index (χ2n) is 4.23. The quantitative estimate of drug-likeness (QED) is 0.484. The minimum absolute atomic E-state index is 0.304. The number of nitrogens with zero attached hydrogens (tertiary/aromatic N) is 3. The lowest BCUT2D eigenvalue weighted by Gasteiger charge is -2.04. The Balaban J connectivity index is 2.17. The first-order valence-corrected chi connectivity index (χ1v) is 6.85. The van der Waals surface area contributed by atoms with E-state index in [1.807, 2.05) is 19.9 Å². The standard InChI is InChI=1S/C14H11N3O3S/c1-9-7-10(2)16-14(12(9)8-15)21-6-5-11-3-4-13(20-11)17(18)19/h3-7H,1-2H3. The Bertz CT molecular complexity index is 759. The third-order valence-corrected chi connectivity index (χ3v) is 3.42. The average molecular weight is 301 g/mol. The van der Waals surface area contributed by atoms with Crippen molar-refractivity contribution in [2.45, 2.75) is 18.9 Å². The Hall–Kier alpha value is -2.59. The van der Waals surface area contributed by atoms with Crippen LogP contribution in [0.4, 0.5) is 5.88 Å². The zero-order valence-corrected chi connectivity index (χ0v) is 12.2. The lowest BCUT2D eigenvalue weighted by atomic mass is 10.1. The lowest BCUT2D eigenvalue weighted by molar-refractivity contribution is -0.402. The zero-order valence-electron chi connectivity index (χ0n) is 11.4. The summed E-state index contributed by atoms with van der Waals surface area (Å²) < 4.78 is 5.00. The number of aromatic nitrogens is 1. The van der Waals surface area contributed by atoms with Crippen molar-refractivity contribution in [3.8, 4) is 6.07 Å². The number of pyridine rings is 1. The van der Waals surface area contributed by atoms with Gasteiger partial charge in [0.2, 0.25) is 0 Å². The van der Waals surface area contributed by atoms with Crippen LogP contribution < -0.4 is 0 Å². The van der Waals surface area contributed by atoms with Crippen molar-refractivity contribution in [2.24, 2.45) is 0 Å². The van der Waals surface area contributed by atoms with Crippen molar-refractivity contribution in [1.29, 1.82) is 5.26 Å². The zero-order chi connectivity index (χ0) is 15.4. The Labute approximate surface area is 125 Å². The third-order valence-electron chi connectivity index (χ3n) is 2.63. The summed E-state index contributed by atoms with van der Waals surface area (Å²) in [5.41, 5.74) is 2.23. The summed E-state index contributed by atoms with van der Waals surface area (Å²) in [6.45, 7) is 3.72. The molecule has 21 heavy (non-hydrogen) atoms. The first-order valence-electron chi connectivity index (χ1n) is 5.97. The number of furan rings is 1. The SMILES string of the molecule is Cc1cc(C)c(C#N)c(SC=Cc2ccc([N+](=O)[O-])o2)n1. The molecule has 106 valence electrons. The predicted molar refractivity (Wildman–Crippen MR) is 78.7 cm³/mol. The number of hydrogen-bond donors (Lipinski definition) is 0. The minimum atomic E-state index is -0.594. The normalized spacial score (nSPS) is 10.7. The highest BCUT2D eigenvalue weighted by molar-refractivity contribution is 8.02. The molecule has 0 radical (unpaired) electrons. The summed E-state index contributed by atoms with van der Waals surface area (Å²) in [5.74, 6) is 0.0685. The molecule has 0 aliphatic carbocycles. The van der Waals surface area contributed by atoms with Gasteiger partial charge in [-0.05, 0) is 43.0 Å². The fourth-order valence-electron chi connectivity index (χ4n) is 1.72. The Morgan fingerprint density at radius 1 is 1.48 bits per heavy atom. The van der Waals surface area contributed by atoms with E-state index in [1.165, 1.54) is 23.9 Å². The third kappa shape index (κ3) is 3.49. The van der Waals surface area contributed by atoms with Gasteiger partial charge in [0.05, 0.1) is 11.6 Å². The number of thioether (sulfide) groups is 1. The maximum atomic E-state index is 10.5. The van der Waals surface area contributed by atoms with Crippen molar-refractivity contribution >= 4 is 23.7 Å². The highest BCUT2D eigenvalue weighted by Gasteiger charge is 2.10. The molecule has 0 N–H and O–H groups in total. The van der Waals surface area contributed by atoms with E-state index in [9.17, 15) is 10.1 Å². The van der Waals surface area contributed by atoms with Crippen molar-refractivity contribution in [2.75, 3.05) is 0 Å². The fraction of sp³-hybridized carbons (Fsp3) is 0.143. The summed E-state index contributed by atoms with van der Waals surface area (Å²) in [4.78, 5) is 14.2. The molecule has 0 saturated carbocycles. The fourth-order valence-corrected chi connectivity index (χ4v) is 2.57. The molecular weight excluding hydrogens is 290 g/mol. The molecule has 0 aliphatic heterocycles. The van der Waals surface area contributed by atoms with Gasteiger partial charge in [-0.3, -0.25) is 10.1 Å². The molecule has 0 aromatic carbocycles. The van der Waals surface area contributed by atoms with Crippen LogP contribution in [0.3, 0.4) is 0 Å². The molecule has 2 rings (SSSR count). The molecule has 0 unspecified atom stereocenters. The van der Waals surface area contributed by atoms with E-state index >= 15 is 0 Å². The van der Waals surface area contributed by atoms with Gasteiger partial charge in [0, 0.05) is 5.69 Å². The monoisotopic (exact) mass is 301 g/mol. The van der Waals surface area contributed by atoms with Crippen LogP contribution in [0.2, 0.25) is 0 Å². The van der Waals surface area contributed by atoms with E-state index in [0.29, 0.717) is 16.3 Å². The number of aryl methyl sites for hydroxylation is 2. The van der Waals surface area contributed by atoms with Crippen LogP contribution in [0.25, 0.3) is 6.08 Å². The van der Waals surface area contributed by atoms with Gasteiger partial charge in [0.15, 0.2) is 0 Å². The molecule has 0 amide bonds. The maximum absolute atomic E-state index is 10.5. The van der Waals surface area contributed by atoms with E-state index in [4.69, 9.17) is 9.68 Å². The first kappa shape index (κ1) is 14.8. The van der Waals surface area contributed by atoms with Gasteiger partial charge in [0.1, 0.15) is 21.8 Å². The Morgan fingerprint density at radius 3 is 2.86 bits per heavy atom. The molecule has 0 spiro atoms. The van der Waals surface area contributed by atoms with Gasteiger partial charge in [-0.25, -0.2) is 4.98 Å². The predicted octanol–water partition coefficient (Wildman–Crippen LogP) is 3.83. The van der Waals surface area contributed by atoms with E-state index in [1.54, 1.807) is 11.5 Å². The molecular formula is C14H11N3O3S. The molecule has 0 fully saturated rings. The maximum Gasteiger partial charge on any atom is 0.433 e. The smallest absolute Gasteiger partial charge is 0.401 e.